The third-order valence-electron chi connectivity index (χ3n) is 6.22. The van der Waals surface area contributed by atoms with Crippen LogP contribution in [-0.4, -0.2) is 0 Å². The van der Waals surface area contributed by atoms with Crippen LogP contribution in [0, 0.1) is 28.6 Å². The Labute approximate surface area is 149 Å². The van der Waals surface area contributed by atoms with Crippen molar-refractivity contribution in [2.24, 2.45) is 28.6 Å². The molecule has 0 aliphatic carbocycles. The van der Waals surface area contributed by atoms with Gasteiger partial charge in [0.15, 0.2) is 0 Å². The van der Waals surface area contributed by atoms with Crippen molar-refractivity contribution in [3.8, 4) is 0 Å². The van der Waals surface area contributed by atoms with Gasteiger partial charge in [-0.25, -0.2) is 0 Å². The predicted molar refractivity (Wildman–Crippen MR) is 108 cm³/mol. The molecule has 0 aliphatic rings. The summed E-state index contributed by atoms with van der Waals surface area (Å²) in [5.74, 6) is 2.61. The normalized spacial score (nSPS) is 17.1. The molecule has 0 aromatic carbocycles. The first kappa shape index (κ1) is 23.0. The van der Waals surface area contributed by atoms with Crippen molar-refractivity contribution >= 4 is 0 Å². The summed E-state index contributed by atoms with van der Waals surface area (Å²) < 4.78 is 0. The van der Waals surface area contributed by atoms with Gasteiger partial charge in [0.1, 0.15) is 0 Å². The van der Waals surface area contributed by atoms with E-state index in [1.165, 1.54) is 57.8 Å². The standard InChI is InChI=1S/C23H48/c1-10-13-14-15-17-21(22(5,6)7)20(19(4)16-11-2)18-23(8,9)12-3/h19-21H,10-18H2,1-9H3. The van der Waals surface area contributed by atoms with Crippen LogP contribution in [-0.2, 0) is 0 Å². The summed E-state index contributed by atoms with van der Waals surface area (Å²) in [6, 6.07) is 0. The average molecular weight is 325 g/mol. The zero-order chi connectivity index (χ0) is 18.1. The quantitative estimate of drug-likeness (QED) is 0.316. The third kappa shape index (κ3) is 9.16. The molecule has 0 aromatic heterocycles. The highest BCUT2D eigenvalue weighted by Crippen LogP contribution is 2.46. The van der Waals surface area contributed by atoms with Gasteiger partial charge in [0, 0.05) is 0 Å². The summed E-state index contributed by atoms with van der Waals surface area (Å²) in [4.78, 5) is 0. The van der Waals surface area contributed by atoms with Crippen molar-refractivity contribution in [1.29, 1.82) is 0 Å². The van der Waals surface area contributed by atoms with Crippen molar-refractivity contribution in [2.75, 3.05) is 0 Å². The summed E-state index contributed by atoms with van der Waals surface area (Å²) in [6.07, 6.45) is 12.5. The Hall–Kier alpha value is 0. The van der Waals surface area contributed by atoms with E-state index < -0.39 is 0 Å². The van der Waals surface area contributed by atoms with Gasteiger partial charge in [-0.3, -0.25) is 0 Å². The Morgan fingerprint density at radius 1 is 0.739 bits per heavy atom. The lowest BCUT2D eigenvalue weighted by molar-refractivity contribution is 0.0610. The van der Waals surface area contributed by atoms with E-state index in [4.69, 9.17) is 0 Å². The molecule has 0 fully saturated rings. The molecular weight excluding hydrogens is 276 g/mol. The highest BCUT2D eigenvalue weighted by molar-refractivity contribution is 4.86. The summed E-state index contributed by atoms with van der Waals surface area (Å²) in [6.45, 7) is 22.0. The van der Waals surface area contributed by atoms with E-state index in [1.54, 1.807) is 0 Å². The predicted octanol–water partition coefficient (Wildman–Crippen LogP) is 8.50. The molecule has 0 aliphatic heterocycles. The first-order valence-corrected chi connectivity index (χ1v) is 10.6. The third-order valence-corrected chi connectivity index (χ3v) is 6.22. The molecule has 0 nitrogen and oxygen atoms in total. The van der Waals surface area contributed by atoms with Crippen molar-refractivity contribution < 1.29 is 0 Å². The van der Waals surface area contributed by atoms with Crippen LogP contribution in [0.5, 0.6) is 0 Å². The molecule has 0 heterocycles. The van der Waals surface area contributed by atoms with E-state index in [0.29, 0.717) is 10.8 Å². The second-order valence-electron chi connectivity index (χ2n) is 9.97. The summed E-state index contributed by atoms with van der Waals surface area (Å²) >= 11 is 0. The van der Waals surface area contributed by atoms with Crippen LogP contribution in [0.1, 0.15) is 120 Å². The Morgan fingerprint density at radius 2 is 1.35 bits per heavy atom. The SMILES string of the molecule is CCCCCCC(C(CC(C)(C)CC)C(C)CCC)C(C)(C)C. The second-order valence-corrected chi connectivity index (χ2v) is 9.97. The molecule has 0 radical (unpaired) electrons. The van der Waals surface area contributed by atoms with Crippen LogP contribution in [0.4, 0.5) is 0 Å². The molecule has 0 amide bonds. The summed E-state index contributed by atoms with van der Waals surface area (Å²) in [7, 11) is 0. The lowest BCUT2D eigenvalue weighted by atomic mass is 9.62. The number of hydrogen-bond acceptors (Lipinski definition) is 0. The molecule has 0 heteroatoms. The molecule has 0 saturated carbocycles. The van der Waals surface area contributed by atoms with Crippen LogP contribution < -0.4 is 0 Å². The molecule has 3 unspecified atom stereocenters. The Balaban J connectivity index is 5.19. The highest BCUT2D eigenvalue weighted by atomic mass is 14.4. The lowest BCUT2D eigenvalue weighted by Crippen LogP contribution is -2.35. The van der Waals surface area contributed by atoms with Crippen molar-refractivity contribution in [3.63, 3.8) is 0 Å². The fourth-order valence-corrected chi connectivity index (χ4v) is 4.27. The van der Waals surface area contributed by atoms with Gasteiger partial charge in [0.25, 0.3) is 0 Å². The van der Waals surface area contributed by atoms with E-state index in [9.17, 15) is 0 Å². The van der Waals surface area contributed by atoms with Gasteiger partial charge in [-0.15, -0.1) is 0 Å². The number of rotatable bonds is 12. The molecule has 0 rings (SSSR count). The smallest absolute Gasteiger partial charge is 0.0334 e. The zero-order valence-corrected chi connectivity index (χ0v) is 18.1. The van der Waals surface area contributed by atoms with Crippen molar-refractivity contribution in [3.05, 3.63) is 0 Å². The molecule has 3 atom stereocenters. The minimum Gasteiger partial charge on any atom is -0.0654 e. The lowest BCUT2D eigenvalue weighted by Gasteiger charge is -2.44. The summed E-state index contributed by atoms with van der Waals surface area (Å²) in [5.41, 5.74) is 0.919. The van der Waals surface area contributed by atoms with Gasteiger partial charge >= 0.3 is 0 Å². The van der Waals surface area contributed by atoms with E-state index in [0.717, 1.165) is 17.8 Å². The van der Waals surface area contributed by atoms with Gasteiger partial charge in [0.05, 0.1) is 0 Å². The molecule has 23 heavy (non-hydrogen) atoms. The van der Waals surface area contributed by atoms with Crippen molar-refractivity contribution in [2.45, 2.75) is 120 Å². The van der Waals surface area contributed by atoms with E-state index in [2.05, 4.69) is 62.3 Å². The van der Waals surface area contributed by atoms with Gasteiger partial charge in [-0.1, -0.05) is 107 Å². The topological polar surface area (TPSA) is 0 Å². The molecule has 0 N–H and O–H groups in total. The van der Waals surface area contributed by atoms with Crippen LogP contribution in [0.15, 0.2) is 0 Å². The molecule has 0 aromatic rings. The summed E-state index contributed by atoms with van der Waals surface area (Å²) in [5, 5.41) is 0. The monoisotopic (exact) mass is 324 g/mol. The largest absolute Gasteiger partial charge is 0.0654 e. The van der Waals surface area contributed by atoms with Gasteiger partial charge in [-0.05, 0) is 41.4 Å². The van der Waals surface area contributed by atoms with E-state index in [1.807, 2.05) is 0 Å². The fraction of sp³-hybridized carbons (Fsp3) is 1.00. The van der Waals surface area contributed by atoms with Crippen LogP contribution in [0.3, 0.4) is 0 Å². The van der Waals surface area contributed by atoms with Gasteiger partial charge in [0.2, 0.25) is 0 Å². The van der Waals surface area contributed by atoms with E-state index >= 15 is 0 Å². The van der Waals surface area contributed by atoms with Crippen LogP contribution >= 0.6 is 0 Å². The highest BCUT2D eigenvalue weighted by Gasteiger charge is 2.37. The average Bonchev–Trinajstić information content (AvgIpc) is 2.44. The Bertz CT molecular complexity index is 281. The maximum atomic E-state index is 2.53. The molecule has 0 saturated heterocycles. The maximum absolute atomic E-state index is 2.53. The zero-order valence-electron chi connectivity index (χ0n) is 18.1. The number of unbranched alkanes of at least 4 members (excludes halogenated alkanes) is 3. The second kappa shape index (κ2) is 10.8. The van der Waals surface area contributed by atoms with Gasteiger partial charge in [-0.2, -0.15) is 0 Å². The Morgan fingerprint density at radius 3 is 1.78 bits per heavy atom. The molecule has 0 bridgehead atoms. The van der Waals surface area contributed by atoms with E-state index in [-0.39, 0.29) is 0 Å². The molecular formula is C23H48. The molecule has 0 spiro atoms. The van der Waals surface area contributed by atoms with Crippen molar-refractivity contribution in [1.82, 2.24) is 0 Å². The van der Waals surface area contributed by atoms with Gasteiger partial charge < -0.3 is 0 Å². The minimum atomic E-state index is 0.433. The van der Waals surface area contributed by atoms with Crippen LogP contribution in [0.2, 0.25) is 0 Å². The fourth-order valence-electron chi connectivity index (χ4n) is 4.27. The Kier molecular flexibility index (Phi) is 10.8. The number of hydrogen-bond donors (Lipinski definition) is 0. The minimum absolute atomic E-state index is 0.433. The maximum Gasteiger partial charge on any atom is -0.0334 e. The first-order chi connectivity index (χ1) is 10.6. The first-order valence-electron chi connectivity index (χ1n) is 10.6. The molecule has 140 valence electrons. The van der Waals surface area contributed by atoms with Crippen LogP contribution in [0.25, 0.3) is 0 Å².